The molecule has 6 bridgehead atoms. The third kappa shape index (κ3) is 2.29. The molecule has 0 aromatic heterocycles. The van der Waals surface area contributed by atoms with E-state index in [-0.39, 0.29) is 5.92 Å². The molecule has 6 unspecified atom stereocenters. The Labute approximate surface area is 178 Å². The maximum absolute atomic E-state index is 10.5. The van der Waals surface area contributed by atoms with E-state index < -0.39 is 45.3 Å². The molecule has 29 heavy (non-hydrogen) atoms. The Kier molecular flexibility index (Phi) is 4.52. The zero-order valence-corrected chi connectivity index (χ0v) is 21.9. The van der Waals surface area contributed by atoms with Crippen LogP contribution in [-0.2, 0) is 18.3 Å². The maximum Gasteiger partial charge on any atom is 0.204 e. The molecular formula is C22H39NO4Si2. The van der Waals surface area contributed by atoms with Crippen LogP contribution in [0.1, 0.15) is 61.3 Å². The second kappa shape index (κ2) is 5.96. The number of ether oxygens (including phenoxy) is 2. The van der Waals surface area contributed by atoms with Gasteiger partial charge in [0.1, 0.15) is 16.6 Å². The standard InChI is InChI=1S/C22H39NO4Si2/c1-14(2)29(15(3)4,16(5)6)26-21-12-19(7)22(27-28(8,9)10)11-17(21)20(22,13-23)18(24-19)25-21/h14-18H,11-12H2,1-10H3. The summed E-state index contributed by atoms with van der Waals surface area (Å²) in [4.78, 5) is 0. The highest BCUT2D eigenvalue weighted by molar-refractivity contribution is 6.77. The summed E-state index contributed by atoms with van der Waals surface area (Å²) in [5.41, 5.74) is -0.444. The Balaban J connectivity index is 1.79. The Bertz CT molecular complexity index is 737. The van der Waals surface area contributed by atoms with Crippen molar-refractivity contribution < 1.29 is 18.3 Å². The van der Waals surface area contributed by atoms with Gasteiger partial charge in [-0.05, 0) is 49.6 Å². The van der Waals surface area contributed by atoms with Crippen molar-refractivity contribution in [2.75, 3.05) is 0 Å². The molecule has 7 heteroatoms. The molecule has 164 valence electrons. The molecule has 6 atom stereocenters. The molecule has 6 fully saturated rings. The summed E-state index contributed by atoms with van der Waals surface area (Å²) in [5.74, 6) is -0.678. The molecule has 0 aromatic rings. The summed E-state index contributed by atoms with van der Waals surface area (Å²) < 4.78 is 27.1. The van der Waals surface area contributed by atoms with E-state index in [4.69, 9.17) is 18.3 Å². The van der Waals surface area contributed by atoms with Gasteiger partial charge in [0.15, 0.2) is 20.4 Å². The summed E-state index contributed by atoms with van der Waals surface area (Å²) in [6, 6.07) is 2.67. The number of nitrogens with zero attached hydrogens (tertiary/aromatic N) is 1. The predicted octanol–water partition coefficient (Wildman–Crippen LogP) is 5.54. The van der Waals surface area contributed by atoms with Crippen molar-refractivity contribution in [3.63, 3.8) is 0 Å². The SMILES string of the molecule is CC(C)[Si](OC12CC3(C)OC(O1)C1(C#N)C2CC31O[Si](C)(C)C)(C(C)C)C(C)C. The molecule has 3 heterocycles. The predicted molar refractivity (Wildman–Crippen MR) is 117 cm³/mol. The smallest absolute Gasteiger partial charge is 0.204 e. The van der Waals surface area contributed by atoms with Crippen molar-refractivity contribution in [2.45, 2.75) is 121 Å². The lowest BCUT2D eigenvalue weighted by atomic mass is 9.41. The van der Waals surface area contributed by atoms with Gasteiger partial charge in [-0.25, -0.2) is 0 Å². The fourth-order valence-corrected chi connectivity index (χ4v) is 14.7. The van der Waals surface area contributed by atoms with Gasteiger partial charge in [-0.2, -0.15) is 5.26 Å². The van der Waals surface area contributed by atoms with Crippen molar-refractivity contribution in [1.29, 1.82) is 5.26 Å². The van der Waals surface area contributed by atoms with Crippen LogP contribution in [0.15, 0.2) is 0 Å². The first-order chi connectivity index (χ1) is 13.2. The normalized spacial score (nSPS) is 45.4. The third-order valence-corrected chi connectivity index (χ3v) is 15.5. The van der Waals surface area contributed by atoms with Crippen molar-refractivity contribution in [3.05, 3.63) is 0 Å². The molecule has 0 aromatic carbocycles. The molecule has 3 saturated heterocycles. The van der Waals surface area contributed by atoms with Crippen LogP contribution < -0.4 is 0 Å². The van der Waals surface area contributed by atoms with E-state index in [2.05, 4.69) is 74.2 Å². The van der Waals surface area contributed by atoms with Crippen LogP contribution in [0.4, 0.5) is 0 Å². The van der Waals surface area contributed by atoms with Gasteiger partial charge in [0, 0.05) is 12.3 Å². The van der Waals surface area contributed by atoms with Crippen LogP contribution in [-0.4, -0.2) is 39.9 Å². The second-order valence-electron chi connectivity index (χ2n) is 12.0. The van der Waals surface area contributed by atoms with Crippen LogP contribution in [0.5, 0.6) is 0 Å². The van der Waals surface area contributed by atoms with E-state index >= 15 is 0 Å². The molecule has 0 N–H and O–H groups in total. The first kappa shape index (κ1) is 22.0. The Morgan fingerprint density at radius 3 is 1.97 bits per heavy atom. The van der Waals surface area contributed by atoms with Crippen LogP contribution in [0.25, 0.3) is 0 Å². The highest BCUT2D eigenvalue weighted by Gasteiger charge is 2.95. The van der Waals surface area contributed by atoms with Crippen LogP contribution >= 0.6 is 0 Å². The average Bonchev–Trinajstić information content (AvgIpc) is 2.74. The van der Waals surface area contributed by atoms with Gasteiger partial charge >= 0.3 is 0 Å². The minimum Gasteiger partial charge on any atom is -0.407 e. The molecule has 0 spiro atoms. The minimum absolute atomic E-state index is 0.0278. The highest BCUT2D eigenvalue weighted by Crippen LogP contribution is 2.82. The highest BCUT2D eigenvalue weighted by atomic mass is 28.4. The van der Waals surface area contributed by atoms with Gasteiger partial charge in [0.25, 0.3) is 0 Å². The first-order valence-electron chi connectivity index (χ1n) is 11.3. The fourth-order valence-electron chi connectivity index (χ4n) is 7.66. The zero-order valence-electron chi connectivity index (χ0n) is 19.9. The van der Waals surface area contributed by atoms with Crippen LogP contribution in [0.3, 0.4) is 0 Å². The molecule has 0 radical (unpaired) electrons. The van der Waals surface area contributed by atoms with E-state index in [1.807, 2.05) is 0 Å². The van der Waals surface area contributed by atoms with E-state index in [0.29, 0.717) is 23.0 Å². The zero-order chi connectivity index (χ0) is 21.8. The molecule has 3 aliphatic carbocycles. The van der Waals surface area contributed by atoms with Crippen molar-refractivity contribution in [2.24, 2.45) is 11.3 Å². The van der Waals surface area contributed by atoms with Crippen molar-refractivity contribution in [1.82, 2.24) is 0 Å². The topological polar surface area (TPSA) is 60.7 Å². The number of rotatable bonds is 7. The molecule has 3 aliphatic heterocycles. The first-order valence-corrected chi connectivity index (χ1v) is 16.9. The van der Waals surface area contributed by atoms with Crippen LogP contribution in [0, 0.1) is 22.7 Å². The monoisotopic (exact) mass is 437 g/mol. The third-order valence-electron chi connectivity index (χ3n) is 8.45. The quantitative estimate of drug-likeness (QED) is 0.489. The maximum atomic E-state index is 10.5. The number of hydrogen-bond acceptors (Lipinski definition) is 5. The number of hydrogen-bond donors (Lipinski definition) is 0. The van der Waals surface area contributed by atoms with Gasteiger partial charge < -0.3 is 18.3 Å². The Morgan fingerprint density at radius 1 is 0.966 bits per heavy atom. The van der Waals surface area contributed by atoms with Gasteiger partial charge in [0.2, 0.25) is 8.32 Å². The summed E-state index contributed by atoms with van der Waals surface area (Å²) in [5, 5.41) is 10.5. The van der Waals surface area contributed by atoms with Gasteiger partial charge in [0.05, 0.1) is 6.07 Å². The van der Waals surface area contributed by atoms with E-state index in [1.165, 1.54) is 0 Å². The molecule has 5 nitrogen and oxygen atoms in total. The largest absolute Gasteiger partial charge is 0.407 e. The molecule has 6 aliphatic rings. The molecular weight excluding hydrogens is 398 g/mol. The molecule has 3 saturated carbocycles. The van der Waals surface area contributed by atoms with Crippen molar-refractivity contribution in [3.8, 4) is 6.07 Å². The molecule has 6 rings (SSSR count). The summed E-state index contributed by atoms with van der Waals surface area (Å²) >= 11 is 0. The van der Waals surface area contributed by atoms with E-state index in [0.717, 1.165) is 6.42 Å². The number of nitriles is 1. The summed E-state index contributed by atoms with van der Waals surface area (Å²) in [6.45, 7) is 22.5. The van der Waals surface area contributed by atoms with Gasteiger partial charge in [-0.3, -0.25) is 0 Å². The Morgan fingerprint density at radius 2 is 1.52 bits per heavy atom. The lowest BCUT2D eigenvalue weighted by molar-refractivity contribution is -0.372. The fraction of sp³-hybridized carbons (Fsp3) is 0.955. The lowest BCUT2D eigenvalue weighted by Crippen LogP contribution is -2.80. The second-order valence-corrected chi connectivity index (χ2v) is 21.8. The molecule has 0 amide bonds. The van der Waals surface area contributed by atoms with Gasteiger partial charge in [-0.1, -0.05) is 41.5 Å². The lowest BCUT2D eigenvalue weighted by Gasteiger charge is -2.68. The van der Waals surface area contributed by atoms with Crippen LogP contribution in [0.2, 0.25) is 36.3 Å². The van der Waals surface area contributed by atoms with E-state index in [9.17, 15) is 5.26 Å². The minimum atomic E-state index is -2.18. The van der Waals surface area contributed by atoms with Gasteiger partial charge in [-0.15, -0.1) is 0 Å². The summed E-state index contributed by atoms with van der Waals surface area (Å²) in [7, 11) is -4.07. The summed E-state index contributed by atoms with van der Waals surface area (Å²) in [6.07, 6.45) is 0.923. The Hall–Kier alpha value is -0.236. The average molecular weight is 438 g/mol. The van der Waals surface area contributed by atoms with Crippen molar-refractivity contribution >= 4 is 16.6 Å². The van der Waals surface area contributed by atoms with E-state index in [1.54, 1.807) is 0 Å².